The van der Waals surface area contributed by atoms with Crippen LogP contribution in [-0.4, -0.2) is 34.0 Å². The second kappa shape index (κ2) is 9.55. The van der Waals surface area contributed by atoms with Crippen molar-refractivity contribution in [2.24, 2.45) is 0 Å². The van der Waals surface area contributed by atoms with Crippen LogP contribution in [0.4, 0.5) is 5.13 Å². The van der Waals surface area contributed by atoms with Crippen LogP contribution in [0.3, 0.4) is 0 Å². The van der Waals surface area contributed by atoms with Crippen LogP contribution in [0.2, 0.25) is 0 Å². The van der Waals surface area contributed by atoms with Gasteiger partial charge in [-0.05, 0) is 17.7 Å². The minimum Gasteiger partial charge on any atom is -0.497 e. The highest BCUT2D eigenvalue weighted by Crippen LogP contribution is 2.25. The van der Waals surface area contributed by atoms with Gasteiger partial charge in [-0.2, -0.15) is 0 Å². The summed E-state index contributed by atoms with van der Waals surface area (Å²) < 4.78 is 10.8. The first-order valence-electron chi connectivity index (χ1n) is 9.08. The Morgan fingerprint density at radius 3 is 2.70 bits per heavy atom. The number of rotatable bonds is 8. The van der Waals surface area contributed by atoms with E-state index in [1.807, 2.05) is 60.0 Å². The van der Waals surface area contributed by atoms with Crippen LogP contribution in [0.1, 0.15) is 11.5 Å². The van der Waals surface area contributed by atoms with E-state index >= 15 is 0 Å². The molecule has 0 fully saturated rings. The van der Waals surface area contributed by atoms with Crippen molar-refractivity contribution in [1.82, 2.24) is 15.2 Å². The van der Waals surface area contributed by atoms with E-state index in [1.165, 1.54) is 23.1 Å². The summed E-state index contributed by atoms with van der Waals surface area (Å²) in [6.45, 7) is 0. The van der Waals surface area contributed by atoms with Crippen molar-refractivity contribution in [3.05, 3.63) is 71.4 Å². The van der Waals surface area contributed by atoms with Gasteiger partial charge in [0, 0.05) is 10.9 Å². The second-order valence-electron chi connectivity index (χ2n) is 6.23. The molecule has 9 heteroatoms. The van der Waals surface area contributed by atoms with Crippen LogP contribution in [0.5, 0.6) is 5.75 Å². The van der Waals surface area contributed by atoms with Gasteiger partial charge in [-0.15, -0.1) is 21.5 Å². The Bertz CT molecular complexity index is 1110. The Morgan fingerprint density at radius 2 is 1.93 bits per heavy atom. The van der Waals surface area contributed by atoms with Crippen molar-refractivity contribution in [1.29, 1.82) is 0 Å². The SMILES string of the molecule is COc1ccc(Cc2nnc(SCC(=O)Nc3nc(-c4ccccc4)cs3)o2)cc1. The summed E-state index contributed by atoms with van der Waals surface area (Å²) in [7, 11) is 1.63. The van der Waals surface area contributed by atoms with Crippen molar-refractivity contribution in [2.45, 2.75) is 11.6 Å². The third kappa shape index (κ3) is 5.25. The first-order valence-corrected chi connectivity index (χ1v) is 10.9. The first-order chi connectivity index (χ1) is 14.7. The molecule has 0 radical (unpaired) electrons. The lowest BCUT2D eigenvalue weighted by Crippen LogP contribution is -2.13. The Hall–Kier alpha value is -3.17. The molecule has 2 aromatic carbocycles. The molecule has 0 aliphatic heterocycles. The molecule has 1 amide bonds. The van der Waals surface area contributed by atoms with Gasteiger partial charge in [-0.1, -0.05) is 54.2 Å². The third-order valence-corrected chi connectivity index (χ3v) is 5.69. The number of carbonyl (C=O) groups is 1. The fraction of sp³-hybridized carbons (Fsp3) is 0.143. The van der Waals surface area contributed by atoms with Crippen molar-refractivity contribution in [3.63, 3.8) is 0 Å². The highest BCUT2D eigenvalue weighted by atomic mass is 32.2. The number of thiazole rings is 1. The van der Waals surface area contributed by atoms with Gasteiger partial charge in [0.2, 0.25) is 11.8 Å². The second-order valence-corrected chi connectivity index (χ2v) is 8.01. The van der Waals surface area contributed by atoms with Gasteiger partial charge in [-0.25, -0.2) is 4.98 Å². The number of benzene rings is 2. The lowest BCUT2D eigenvalue weighted by molar-refractivity contribution is -0.113. The van der Waals surface area contributed by atoms with Gasteiger partial charge in [0.05, 0.1) is 25.0 Å². The van der Waals surface area contributed by atoms with Gasteiger partial charge >= 0.3 is 0 Å². The third-order valence-electron chi connectivity index (χ3n) is 4.11. The van der Waals surface area contributed by atoms with Gasteiger partial charge in [0.1, 0.15) is 5.75 Å². The Labute approximate surface area is 181 Å². The van der Waals surface area contributed by atoms with E-state index in [0.717, 1.165) is 22.6 Å². The normalized spacial score (nSPS) is 10.7. The number of methoxy groups -OCH3 is 1. The maximum absolute atomic E-state index is 12.2. The maximum atomic E-state index is 12.2. The molecule has 30 heavy (non-hydrogen) atoms. The number of nitrogens with one attached hydrogen (secondary N) is 1. The van der Waals surface area contributed by atoms with Gasteiger partial charge < -0.3 is 14.5 Å². The number of nitrogens with zero attached hydrogens (tertiary/aromatic N) is 3. The molecule has 4 aromatic rings. The van der Waals surface area contributed by atoms with Crippen LogP contribution in [0.25, 0.3) is 11.3 Å². The lowest BCUT2D eigenvalue weighted by Gasteiger charge is -2.01. The average Bonchev–Trinajstić information content (AvgIpc) is 3.43. The monoisotopic (exact) mass is 438 g/mol. The Balaban J connectivity index is 1.27. The summed E-state index contributed by atoms with van der Waals surface area (Å²) in [4.78, 5) is 16.7. The van der Waals surface area contributed by atoms with E-state index in [-0.39, 0.29) is 11.7 Å². The average molecular weight is 439 g/mol. The quantitative estimate of drug-likeness (QED) is 0.404. The summed E-state index contributed by atoms with van der Waals surface area (Å²) in [5, 5.41) is 13.7. The predicted molar refractivity (Wildman–Crippen MR) is 117 cm³/mol. The van der Waals surface area contributed by atoms with Crippen molar-refractivity contribution in [2.75, 3.05) is 18.2 Å². The van der Waals surface area contributed by atoms with Gasteiger partial charge in [-0.3, -0.25) is 4.79 Å². The van der Waals surface area contributed by atoms with Crippen molar-refractivity contribution >= 4 is 34.1 Å². The molecular formula is C21H18N4O3S2. The van der Waals surface area contributed by atoms with E-state index in [2.05, 4.69) is 20.5 Å². The molecule has 2 heterocycles. The number of anilines is 1. The van der Waals surface area contributed by atoms with Crippen molar-refractivity contribution < 1.29 is 13.9 Å². The Morgan fingerprint density at radius 1 is 1.13 bits per heavy atom. The molecule has 7 nitrogen and oxygen atoms in total. The molecule has 0 atom stereocenters. The maximum Gasteiger partial charge on any atom is 0.277 e. The van der Waals surface area contributed by atoms with Crippen LogP contribution in [0.15, 0.2) is 69.6 Å². The summed E-state index contributed by atoms with van der Waals surface area (Å²) in [6.07, 6.45) is 0.519. The smallest absolute Gasteiger partial charge is 0.277 e. The van der Waals surface area contributed by atoms with Crippen LogP contribution >= 0.6 is 23.1 Å². The zero-order chi connectivity index (χ0) is 20.8. The fourth-order valence-electron chi connectivity index (χ4n) is 2.64. The summed E-state index contributed by atoms with van der Waals surface area (Å²) in [5.41, 5.74) is 2.88. The number of thioether (sulfide) groups is 1. The molecule has 0 aliphatic rings. The summed E-state index contributed by atoms with van der Waals surface area (Å²) >= 11 is 2.58. The number of ether oxygens (including phenoxy) is 1. The minimum atomic E-state index is -0.177. The standard InChI is InChI=1S/C21H18N4O3S2/c1-27-16-9-7-14(8-10-16)11-19-24-25-21(28-19)30-13-18(26)23-20-22-17(12-29-20)15-5-3-2-4-6-15/h2-10,12H,11,13H2,1H3,(H,22,23,26). The van der Waals surface area contributed by atoms with E-state index in [1.54, 1.807) is 7.11 Å². The van der Waals surface area contributed by atoms with Crippen LogP contribution < -0.4 is 10.1 Å². The largest absolute Gasteiger partial charge is 0.497 e. The fourth-order valence-corrected chi connectivity index (χ4v) is 3.96. The van der Waals surface area contributed by atoms with Gasteiger partial charge in [0.25, 0.3) is 5.22 Å². The van der Waals surface area contributed by atoms with E-state index in [9.17, 15) is 4.79 Å². The molecule has 0 aliphatic carbocycles. The molecule has 0 unspecified atom stereocenters. The number of hydrogen-bond donors (Lipinski definition) is 1. The lowest BCUT2D eigenvalue weighted by atomic mass is 10.1. The molecule has 0 saturated heterocycles. The zero-order valence-electron chi connectivity index (χ0n) is 16.1. The molecule has 4 rings (SSSR count). The summed E-state index contributed by atoms with van der Waals surface area (Å²) in [5.74, 6) is 1.27. The van der Waals surface area contributed by atoms with Crippen LogP contribution in [-0.2, 0) is 11.2 Å². The molecule has 2 aromatic heterocycles. The molecule has 0 bridgehead atoms. The number of hydrogen-bond acceptors (Lipinski definition) is 8. The summed E-state index contributed by atoms with van der Waals surface area (Å²) in [6, 6.07) is 17.5. The van der Waals surface area contributed by atoms with E-state index in [0.29, 0.717) is 22.7 Å². The van der Waals surface area contributed by atoms with Crippen molar-refractivity contribution in [3.8, 4) is 17.0 Å². The topological polar surface area (TPSA) is 90.1 Å². The number of aromatic nitrogens is 3. The Kier molecular flexibility index (Phi) is 6.41. The molecule has 1 N–H and O–H groups in total. The van der Waals surface area contributed by atoms with Gasteiger partial charge in [0.15, 0.2) is 5.13 Å². The molecule has 0 saturated carbocycles. The number of carbonyl (C=O) groups excluding carboxylic acids is 1. The first kappa shape index (κ1) is 20.1. The van der Waals surface area contributed by atoms with Crippen LogP contribution in [0, 0.1) is 0 Å². The van der Waals surface area contributed by atoms with E-state index < -0.39 is 0 Å². The number of amides is 1. The minimum absolute atomic E-state index is 0.157. The van der Waals surface area contributed by atoms with E-state index in [4.69, 9.17) is 9.15 Å². The molecule has 0 spiro atoms. The highest BCUT2D eigenvalue weighted by Gasteiger charge is 2.12. The zero-order valence-corrected chi connectivity index (χ0v) is 17.7. The molecule has 152 valence electrons. The highest BCUT2D eigenvalue weighted by molar-refractivity contribution is 7.99. The predicted octanol–water partition coefficient (Wildman–Crippen LogP) is 4.52. The molecular weight excluding hydrogens is 420 g/mol.